The third-order valence-electron chi connectivity index (χ3n) is 2.38. The van der Waals surface area contributed by atoms with Crippen LogP contribution in [0.4, 0.5) is 4.39 Å². The average Bonchev–Trinajstić information content (AvgIpc) is 2.99. The van der Waals surface area contributed by atoms with E-state index < -0.39 is 15.8 Å². The van der Waals surface area contributed by atoms with Crippen LogP contribution in [-0.4, -0.2) is 15.0 Å². The van der Waals surface area contributed by atoms with Gasteiger partial charge in [-0.2, -0.15) is 0 Å². The molecule has 0 amide bonds. The second-order valence-corrected chi connectivity index (χ2v) is 5.52. The molecule has 0 heterocycles. The molecule has 5 heteroatoms. The third-order valence-corrected chi connectivity index (χ3v) is 3.82. The molecule has 1 aromatic rings. The molecule has 1 N–H and O–H groups in total. The molecule has 0 atom stereocenters. The van der Waals surface area contributed by atoms with Gasteiger partial charge in [-0.3, -0.25) is 0 Å². The first-order valence-corrected chi connectivity index (χ1v) is 6.31. The van der Waals surface area contributed by atoms with E-state index in [1.807, 2.05) is 0 Å². The van der Waals surface area contributed by atoms with Gasteiger partial charge in [0.15, 0.2) is 0 Å². The number of halogens is 1. The van der Waals surface area contributed by atoms with Crippen molar-refractivity contribution in [1.29, 1.82) is 0 Å². The number of hydrogen-bond donors (Lipinski definition) is 1. The Balaban J connectivity index is 2.09. The van der Waals surface area contributed by atoms with Crippen LogP contribution >= 0.6 is 0 Å². The van der Waals surface area contributed by atoms with Crippen LogP contribution in [0.1, 0.15) is 12.8 Å². The van der Waals surface area contributed by atoms with Gasteiger partial charge >= 0.3 is 0 Å². The van der Waals surface area contributed by atoms with Crippen molar-refractivity contribution < 1.29 is 12.8 Å². The van der Waals surface area contributed by atoms with E-state index in [0.717, 1.165) is 25.0 Å². The Morgan fingerprint density at radius 3 is 2.40 bits per heavy atom. The first-order chi connectivity index (χ1) is 7.08. The number of rotatable bonds is 4. The van der Waals surface area contributed by atoms with Crippen molar-refractivity contribution in [3.05, 3.63) is 30.1 Å². The van der Waals surface area contributed by atoms with E-state index in [1.54, 1.807) is 0 Å². The monoisotopic (exact) mass is 229 g/mol. The largest absolute Gasteiger partial charge is 0.240 e. The summed E-state index contributed by atoms with van der Waals surface area (Å²) in [6.07, 6.45) is 2.18. The van der Waals surface area contributed by atoms with E-state index in [4.69, 9.17) is 0 Å². The Hall–Kier alpha value is -0.940. The summed E-state index contributed by atoms with van der Waals surface area (Å²) in [6.45, 7) is 0.486. The molecule has 0 saturated heterocycles. The number of benzene rings is 1. The van der Waals surface area contributed by atoms with Gasteiger partial charge < -0.3 is 0 Å². The molecule has 0 aliphatic heterocycles. The van der Waals surface area contributed by atoms with Gasteiger partial charge in [0.05, 0.1) is 4.90 Å². The van der Waals surface area contributed by atoms with Crippen LogP contribution in [0.3, 0.4) is 0 Å². The summed E-state index contributed by atoms with van der Waals surface area (Å²) in [7, 11) is -3.45. The van der Waals surface area contributed by atoms with Crippen molar-refractivity contribution in [3.63, 3.8) is 0 Å². The van der Waals surface area contributed by atoms with Crippen LogP contribution in [0, 0.1) is 11.7 Å². The van der Waals surface area contributed by atoms with Crippen molar-refractivity contribution in [3.8, 4) is 0 Å². The number of hydrogen-bond acceptors (Lipinski definition) is 2. The first-order valence-electron chi connectivity index (χ1n) is 4.83. The van der Waals surface area contributed by atoms with Gasteiger partial charge in [0.1, 0.15) is 5.82 Å². The molecule has 3 nitrogen and oxygen atoms in total. The Morgan fingerprint density at radius 1 is 1.27 bits per heavy atom. The van der Waals surface area contributed by atoms with Gasteiger partial charge in [-0.15, -0.1) is 0 Å². The summed E-state index contributed by atoms with van der Waals surface area (Å²) < 4.78 is 38.4. The normalized spacial score (nSPS) is 16.6. The summed E-state index contributed by atoms with van der Waals surface area (Å²) in [6, 6.07) is 4.83. The van der Waals surface area contributed by atoms with Gasteiger partial charge in [0.2, 0.25) is 10.0 Å². The Labute approximate surface area is 88.4 Å². The third kappa shape index (κ3) is 2.76. The summed E-state index contributed by atoms with van der Waals surface area (Å²) in [5, 5.41) is 0. The summed E-state index contributed by atoms with van der Waals surface area (Å²) in [5.74, 6) is 0.0522. The van der Waals surface area contributed by atoms with Crippen molar-refractivity contribution in [1.82, 2.24) is 4.72 Å². The second-order valence-electron chi connectivity index (χ2n) is 3.75. The molecule has 0 bridgehead atoms. The smallest absolute Gasteiger partial charge is 0.211 e. The molecule has 0 unspecified atom stereocenters. The summed E-state index contributed by atoms with van der Waals surface area (Å²) >= 11 is 0. The van der Waals surface area contributed by atoms with E-state index in [2.05, 4.69) is 4.72 Å². The van der Waals surface area contributed by atoms with Crippen LogP contribution in [0.15, 0.2) is 29.2 Å². The van der Waals surface area contributed by atoms with Crippen LogP contribution in [-0.2, 0) is 10.0 Å². The molecule has 0 radical (unpaired) electrons. The lowest BCUT2D eigenvalue weighted by molar-refractivity contribution is 0.576. The molecule has 0 spiro atoms. The highest BCUT2D eigenvalue weighted by atomic mass is 32.2. The molecule has 2 rings (SSSR count). The molecule has 1 aliphatic rings. The maximum Gasteiger partial charge on any atom is 0.240 e. The molecule has 82 valence electrons. The SMILES string of the molecule is O=S(=O)(NCC1CC1)c1ccc(F)cc1. The summed E-state index contributed by atoms with van der Waals surface area (Å²) in [4.78, 5) is 0.115. The standard InChI is InChI=1S/C10H12FNO2S/c11-9-3-5-10(6-4-9)15(13,14)12-7-8-1-2-8/h3-6,8,12H,1-2,7H2. The van der Waals surface area contributed by atoms with Gasteiger partial charge in [-0.05, 0) is 43.0 Å². The predicted molar refractivity (Wildman–Crippen MR) is 54.3 cm³/mol. The quantitative estimate of drug-likeness (QED) is 0.850. The van der Waals surface area contributed by atoms with Crippen molar-refractivity contribution in [2.24, 2.45) is 5.92 Å². The molecular formula is C10H12FNO2S. The lowest BCUT2D eigenvalue weighted by atomic mass is 10.4. The van der Waals surface area contributed by atoms with E-state index in [0.29, 0.717) is 12.5 Å². The van der Waals surface area contributed by atoms with Gasteiger partial charge in [-0.25, -0.2) is 17.5 Å². The fraction of sp³-hybridized carbons (Fsp3) is 0.400. The Kier molecular flexibility index (Phi) is 2.75. The zero-order chi connectivity index (χ0) is 10.9. The zero-order valence-electron chi connectivity index (χ0n) is 8.11. The molecule has 1 aliphatic carbocycles. The predicted octanol–water partition coefficient (Wildman–Crippen LogP) is 1.51. The van der Waals surface area contributed by atoms with E-state index in [-0.39, 0.29) is 4.90 Å². The van der Waals surface area contributed by atoms with E-state index in [1.165, 1.54) is 12.1 Å². The Morgan fingerprint density at radius 2 is 1.87 bits per heavy atom. The number of nitrogens with one attached hydrogen (secondary N) is 1. The molecule has 15 heavy (non-hydrogen) atoms. The lowest BCUT2D eigenvalue weighted by Crippen LogP contribution is -2.25. The second kappa shape index (κ2) is 3.90. The molecule has 1 saturated carbocycles. The van der Waals surface area contributed by atoms with Gasteiger partial charge in [-0.1, -0.05) is 0 Å². The lowest BCUT2D eigenvalue weighted by Gasteiger charge is -2.05. The minimum Gasteiger partial charge on any atom is -0.211 e. The molecule has 1 aromatic carbocycles. The summed E-state index contributed by atoms with van der Waals surface area (Å²) in [5.41, 5.74) is 0. The molecular weight excluding hydrogens is 217 g/mol. The topological polar surface area (TPSA) is 46.2 Å². The highest BCUT2D eigenvalue weighted by Crippen LogP contribution is 2.28. The zero-order valence-corrected chi connectivity index (χ0v) is 8.93. The average molecular weight is 229 g/mol. The van der Waals surface area contributed by atoms with Crippen molar-refractivity contribution in [2.75, 3.05) is 6.54 Å². The highest BCUT2D eigenvalue weighted by Gasteiger charge is 2.24. The fourth-order valence-corrected chi connectivity index (χ4v) is 2.36. The molecule has 0 aromatic heterocycles. The highest BCUT2D eigenvalue weighted by molar-refractivity contribution is 7.89. The maximum atomic E-state index is 12.6. The number of sulfonamides is 1. The first kappa shape index (κ1) is 10.6. The van der Waals surface area contributed by atoms with Crippen LogP contribution in [0.25, 0.3) is 0 Å². The van der Waals surface area contributed by atoms with Gasteiger partial charge in [0, 0.05) is 6.54 Å². The van der Waals surface area contributed by atoms with Crippen LogP contribution < -0.4 is 4.72 Å². The van der Waals surface area contributed by atoms with Crippen LogP contribution in [0.5, 0.6) is 0 Å². The minimum atomic E-state index is -3.45. The van der Waals surface area contributed by atoms with E-state index in [9.17, 15) is 12.8 Å². The molecule has 1 fully saturated rings. The van der Waals surface area contributed by atoms with Crippen molar-refractivity contribution in [2.45, 2.75) is 17.7 Å². The van der Waals surface area contributed by atoms with Crippen LogP contribution in [0.2, 0.25) is 0 Å². The fourth-order valence-electron chi connectivity index (χ4n) is 1.25. The minimum absolute atomic E-state index is 0.115. The van der Waals surface area contributed by atoms with Gasteiger partial charge in [0.25, 0.3) is 0 Å². The van der Waals surface area contributed by atoms with E-state index >= 15 is 0 Å². The maximum absolute atomic E-state index is 12.6. The Bertz CT molecular complexity index is 437. The van der Waals surface area contributed by atoms with Crippen molar-refractivity contribution >= 4 is 10.0 Å².